The van der Waals surface area contributed by atoms with Gasteiger partial charge in [-0.15, -0.1) is 0 Å². The van der Waals surface area contributed by atoms with E-state index in [4.69, 9.17) is 21.5 Å². The predicted octanol–water partition coefficient (Wildman–Crippen LogP) is 4.47. The lowest BCUT2D eigenvalue weighted by Gasteiger charge is -2.18. The van der Waals surface area contributed by atoms with Crippen molar-refractivity contribution in [2.24, 2.45) is 0 Å². The molecule has 13 heteroatoms. The van der Waals surface area contributed by atoms with E-state index in [1.807, 2.05) is 13.8 Å². The van der Waals surface area contributed by atoms with Gasteiger partial charge in [0.15, 0.2) is 0 Å². The van der Waals surface area contributed by atoms with E-state index in [0.717, 1.165) is 36.6 Å². The lowest BCUT2D eigenvalue weighted by molar-refractivity contribution is -0.192. The summed E-state index contributed by atoms with van der Waals surface area (Å²) in [5, 5.41) is 9.80. The van der Waals surface area contributed by atoms with E-state index in [1.165, 1.54) is 0 Å². The van der Waals surface area contributed by atoms with Crippen LogP contribution in [0.2, 0.25) is 5.02 Å². The molecule has 0 spiro atoms. The molecular formula is C21H21ClF4N2O5S. The number of rotatable bonds is 6. The average Bonchev–Trinajstić information content (AvgIpc) is 3.51. The summed E-state index contributed by atoms with van der Waals surface area (Å²) in [7, 11) is -3.90. The maximum atomic E-state index is 13.2. The summed E-state index contributed by atoms with van der Waals surface area (Å²) < 4.78 is 72.3. The second kappa shape index (κ2) is 10.2. The number of anilines is 1. The van der Waals surface area contributed by atoms with Crippen molar-refractivity contribution < 1.29 is 40.7 Å². The van der Waals surface area contributed by atoms with Crippen LogP contribution in [0.1, 0.15) is 32.3 Å². The fraction of sp³-hybridized carbons (Fsp3) is 0.333. The average molecular weight is 525 g/mol. The molecular weight excluding hydrogens is 504 g/mol. The number of carboxylic acids is 1. The Balaban J connectivity index is 0.000000509. The van der Waals surface area contributed by atoms with Gasteiger partial charge in [0.05, 0.1) is 15.3 Å². The molecule has 1 fully saturated rings. The van der Waals surface area contributed by atoms with Crippen LogP contribution in [-0.2, 0) is 25.0 Å². The Bertz CT molecular complexity index is 1160. The topological polar surface area (TPSA) is 113 Å². The molecule has 1 aliphatic rings. The SMILES string of the molecule is CC(C)NC(=O)C1(c2ccc(NS(=O)(=O)c3ccc(F)c(Cl)c3)cc2)CC1.O=C(O)C(F)(F)F. The van der Waals surface area contributed by atoms with Gasteiger partial charge in [-0.2, -0.15) is 13.2 Å². The minimum Gasteiger partial charge on any atom is -0.475 e. The quantitative estimate of drug-likeness (QED) is 0.483. The molecule has 3 N–H and O–H groups in total. The molecule has 0 saturated heterocycles. The zero-order chi connectivity index (χ0) is 25.9. The van der Waals surface area contributed by atoms with Gasteiger partial charge in [-0.05, 0) is 62.6 Å². The Kier molecular flexibility index (Phi) is 8.20. The monoisotopic (exact) mass is 524 g/mol. The van der Waals surface area contributed by atoms with Crippen LogP contribution in [0.25, 0.3) is 0 Å². The van der Waals surface area contributed by atoms with Crippen LogP contribution in [0.15, 0.2) is 47.4 Å². The zero-order valence-corrected chi connectivity index (χ0v) is 19.5. The Hall–Kier alpha value is -2.86. The van der Waals surface area contributed by atoms with Crippen molar-refractivity contribution in [2.75, 3.05) is 4.72 Å². The minimum atomic E-state index is -5.08. The van der Waals surface area contributed by atoms with E-state index < -0.39 is 33.4 Å². The zero-order valence-electron chi connectivity index (χ0n) is 17.9. The van der Waals surface area contributed by atoms with Crippen molar-refractivity contribution in [3.8, 4) is 0 Å². The highest BCUT2D eigenvalue weighted by Gasteiger charge is 2.51. The number of carbonyl (C=O) groups excluding carboxylic acids is 1. The van der Waals surface area contributed by atoms with E-state index >= 15 is 0 Å². The van der Waals surface area contributed by atoms with Crippen LogP contribution in [-0.4, -0.2) is 37.6 Å². The van der Waals surface area contributed by atoms with Crippen LogP contribution in [0.4, 0.5) is 23.2 Å². The standard InChI is InChI=1S/C19H20ClFN2O3S.C2HF3O2/c1-12(2)22-18(24)19(9-10-19)13-3-5-14(6-4-13)23-27(25,26)15-7-8-17(21)16(20)11-15;3-2(4,5)1(6)7/h3-8,11-12,23H,9-10H2,1-2H3,(H,22,24);(H,6,7). The van der Waals surface area contributed by atoms with Crippen molar-refractivity contribution in [2.45, 2.75) is 49.2 Å². The molecule has 2 aromatic rings. The lowest BCUT2D eigenvalue weighted by atomic mass is 9.94. The maximum absolute atomic E-state index is 13.2. The number of carboxylic acid groups (broad SMARTS) is 1. The number of aliphatic carboxylic acids is 1. The smallest absolute Gasteiger partial charge is 0.475 e. The highest BCUT2D eigenvalue weighted by atomic mass is 35.5. The van der Waals surface area contributed by atoms with E-state index in [1.54, 1.807) is 24.3 Å². The molecule has 0 radical (unpaired) electrons. The molecule has 1 saturated carbocycles. The molecule has 0 unspecified atom stereocenters. The first-order valence-corrected chi connectivity index (χ1v) is 11.6. The summed E-state index contributed by atoms with van der Waals surface area (Å²) in [5.41, 5.74) is 0.680. The van der Waals surface area contributed by atoms with E-state index in [9.17, 15) is 30.8 Å². The number of benzene rings is 2. The van der Waals surface area contributed by atoms with Gasteiger partial charge >= 0.3 is 12.1 Å². The summed E-state index contributed by atoms with van der Waals surface area (Å²) in [6.45, 7) is 3.82. The Morgan fingerprint density at radius 3 is 2.03 bits per heavy atom. The van der Waals surface area contributed by atoms with Crippen LogP contribution in [0.3, 0.4) is 0 Å². The molecule has 0 atom stereocenters. The number of sulfonamides is 1. The number of halogens is 5. The Labute approximate surface area is 198 Å². The number of hydrogen-bond acceptors (Lipinski definition) is 4. The maximum Gasteiger partial charge on any atom is 0.490 e. The molecule has 34 heavy (non-hydrogen) atoms. The normalized spacial score (nSPS) is 14.6. The molecule has 186 valence electrons. The molecule has 0 aromatic heterocycles. The fourth-order valence-electron chi connectivity index (χ4n) is 2.89. The molecule has 0 bridgehead atoms. The molecule has 0 heterocycles. The van der Waals surface area contributed by atoms with Gasteiger partial charge < -0.3 is 10.4 Å². The largest absolute Gasteiger partial charge is 0.490 e. The Morgan fingerprint density at radius 2 is 1.62 bits per heavy atom. The van der Waals surface area contributed by atoms with Crippen LogP contribution < -0.4 is 10.0 Å². The second-order valence-corrected chi connectivity index (χ2v) is 9.86. The van der Waals surface area contributed by atoms with Crippen molar-refractivity contribution in [1.29, 1.82) is 0 Å². The number of carbonyl (C=O) groups is 2. The fourth-order valence-corrected chi connectivity index (χ4v) is 4.22. The Morgan fingerprint density at radius 1 is 1.09 bits per heavy atom. The van der Waals surface area contributed by atoms with Gasteiger partial charge in [0, 0.05) is 11.7 Å². The van der Waals surface area contributed by atoms with E-state index in [0.29, 0.717) is 5.69 Å². The predicted molar refractivity (Wildman–Crippen MR) is 117 cm³/mol. The van der Waals surface area contributed by atoms with E-state index in [-0.39, 0.29) is 21.9 Å². The summed E-state index contributed by atoms with van der Waals surface area (Å²) in [4.78, 5) is 21.2. The molecule has 1 aliphatic carbocycles. The number of alkyl halides is 3. The highest BCUT2D eigenvalue weighted by molar-refractivity contribution is 7.92. The third kappa shape index (κ3) is 6.83. The lowest BCUT2D eigenvalue weighted by Crippen LogP contribution is -2.38. The van der Waals surface area contributed by atoms with Crippen molar-refractivity contribution in [3.63, 3.8) is 0 Å². The molecule has 7 nitrogen and oxygen atoms in total. The third-order valence-electron chi connectivity index (χ3n) is 4.74. The molecule has 3 rings (SSSR count). The summed E-state index contributed by atoms with van der Waals surface area (Å²) >= 11 is 5.66. The number of nitrogens with one attached hydrogen (secondary N) is 2. The third-order valence-corrected chi connectivity index (χ3v) is 6.41. The molecule has 2 aromatic carbocycles. The number of hydrogen-bond donors (Lipinski definition) is 3. The van der Waals surface area contributed by atoms with Gasteiger partial charge in [-0.3, -0.25) is 9.52 Å². The van der Waals surface area contributed by atoms with Crippen molar-refractivity contribution in [3.05, 3.63) is 58.9 Å². The minimum absolute atomic E-state index is 0.00761. The molecule has 0 aliphatic heterocycles. The van der Waals surface area contributed by atoms with Crippen LogP contribution in [0, 0.1) is 5.82 Å². The first-order valence-electron chi connectivity index (χ1n) is 9.78. The summed E-state index contributed by atoms with van der Waals surface area (Å²) in [6.07, 6.45) is -3.55. The van der Waals surface area contributed by atoms with Gasteiger partial charge in [0.2, 0.25) is 5.91 Å². The van der Waals surface area contributed by atoms with Crippen LogP contribution >= 0.6 is 11.6 Å². The van der Waals surface area contributed by atoms with Gasteiger partial charge in [-0.25, -0.2) is 17.6 Å². The first-order chi connectivity index (χ1) is 15.6. The second-order valence-electron chi connectivity index (χ2n) is 7.77. The van der Waals surface area contributed by atoms with Crippen molar-refractivity contribution in [1.82, 2.24) is 5.32 Å². The van der Waals surface area contributed by atoms with Gasteiger partial charge in [-0.1, -0.05) is 23.7 Å². The van der Waals surface area contributed by atoms with Gasteiger partial charge in [0.1, 0.15) is 5.82 Å². The first kappa shape index (κ1) is 27.4. The van der Waals surface area contributed by atoms with Crippen molar-refractivity contribution >= 4 is 39.2 Å². The van der Waals surface area contributed by atoms with E-state index in [2.05, 4.69) is 10.0 Å². The van der Waals surface area contributed by atoms with Crippen LogP contribution in [0.5, 0.6) is 0 Å². The summed E-state index contributed by atoms with van der Waals surface area (Å²) in [5.74, 6) is -3.45. The van der Waals surface area contributed by atoms with Gasteiger partial charge in [0.25, 0.3) is 10.0 Å². The number of amides is 1. The summed E-state index contributed by atoms with van der Waals surface area (Å²) in [6, 6.07) is 10.00. The highest BCUT2D eigenvalue weighted by Crippen LogP contribution is 2.48. The molecule has 1 amide bonds.